The van der Waals surface area contributed by atoms with E-state index < -0.39 is 0 Å². The van der Waals surface area contributed by atoms with Gasteiger partial charge in [0, 0.05) is 24.2 Å². The van der Waals surface area contributed by atoms with Crippen LogP contribution >= 0.6 is 11.8 Å². The van der Waals surface area contributed by atoms with Gasteiger partial charge in [0.2, 0.25) is 0 Å². The number of carbonyl (C=O) groups excluding carboxylic acids is 1. The lowest BCUT2D eigenvalue weighted by molar-refractivity contribution is -0.119. The zero-order valence-corrected chi connectivity index (χ0v) is 12.9. The van der Waals surface area contributed by atoms with E-state index in [1.807, 2.05) is 47.6 Å². The highest BCUT2D eigenvalue weighted by molar-refractivity contribution is 7.98. The van der Waals surface area contributed by atoms with Gasteiger partial charge in [0.25, 0.3) is 5.91 Å². The fourth-order valence-electron chi connectivity index (χ4n) is 2.42. The van der Waals surface area contributed by atoms with Crippen LogP contribution < -0.4 is 5.32 Å². The Labute approximate surface area is 127 Å². The summed E-state index contributed by atoms with van der Waals surface area (Å²) in [6.07, 6.45) is 0. The van der Waals surface area contributed by atoms with Crippen LogP contribution in [0.4, 0.5) is 5.82 Å². The number of anilines is 1. The van der Waals surface area contributed by atoms with Gasteiger partial charge in [0.1, 0.15) is 12.4 Å². The van der Waals surface area contributed by atoms with Crippen LogP contribution in [0.1, 0.15) is 16.8 Å². The number of hydrogen-bond donors (Lipinski definition) is 1. The largest absolute Gasteiger partial charge is 0.375 e. The average Bonchev–Trinajstić information content (AvgIpc) is 3.03. The van der Waals surface area contributed by atoms with Crippen molar-refractivity contribution in [2.45, 2.75) is 18.4 Å². The highest BCUT2D eigenvalue weighted by atomic mass is 32.2. The second-order valence-electron chi connectivity index (χ2n) is 4.95. The lowest BCUT2D eigenvalue weighted by Gasteiger charge is -2.12. The summed E-state index contributed by atoms with van der Waals surface area (Å²) in [5.74, 6) is 2.38. The van der Waals surface area contributed by atoms with E-state index in [1.54, 1.807) is 0 Å². The SMILES string of the molecule is COCC(=O)Nc1c2c(nn1-c1ccccc1C)CSC2. The molecule has 1 N–H and O–H groups in total. The van der Waals surface area contributed by atoms with Gasteiger partial charge in [-0.25, -0.2) is 4.68 Å². The van der Waals surface area contributed by atoms with Crippen molar-refractivity contribution in [3.05, 3.63) is 41.1 Å². The molecule has 2 aromatic rings. The van der Waals surface area contributed by atoms with Gasteiger partial charge in [-0.15, -0.1) is 0 Å². The number of aryl methyl sites for hydroxylation is 1. The monoisotopic (exact) mass is 303 g/mol. The van der Waals surface area contributed by atoms with Gasteiger partial charge in [0.05, 0.1) is 11.4 Å². The van der Waals surface area contributed by atoms with Gasteiger partial charge in [-0.1, -0.05) is 18.2 Å². The highest BCUT2D eigenvalue weighted by Crippen LogP contribution is 2.36. The van der Waals surface area contributed by atoms with Crippen molar-refractivity contribution in [3.8, 4) is 5.69 Å². The highest BCUT2D eigenvalue weighted by Gasteiger charge is 2.25. The molecule has 0 unspecified atom stereocenters. The van der Waals surface area contributed by atoms with Crippen molar-refractivity contribution in [3.63, 3.8) is 0 Å². The summed E-state index contributed by atoms with van der Waals surface area (Å²) in [7, 11) is 1.51. The third-order valence-electron chi connectivity index (χ3n) is 3.43. The molecule has 1 aliphatic heterocycles. The molecule has 6 heteroatoms. The summed E-state index contributed by atoms with van der Waals surface area (Å²) in [5, 5.41) is 7.62. The number of rotatable bonds is 4. The quantitative estimate of drug-likeness (QED) is 0.943. The third-order valence-corrected chi connectivity index (χ3v) is 4.40. The lowest BCUT2D eigenvalue weighted by Crippen LogP contribution is -2.20. The molecule has 5 nitrogen and oxygen atoms in total. The average molecular weight is 303 g/mol. The van der Waals surface area contributed by atoms with Crippen molar-refractivity contribution in [2.75, 3.05) is 19.0 Å². The molecule has 3 rings (SSSR count). The number of carbonyl (C=O) groups is 1. The van der Waals surface area contributed by atoms with Crippen LogP contribution in [-0.2, 0) is 21.0 Å². The number of aromatic nitrogens is 2. The predicted molar refractivity (Wildman–Crippen MR) is 83.8 cm³/mol. The normalized spacial score (nSPS) is 13.2. The van der Waals surface area contributed by atoms with Crippen LogP contribution in [0.2, 0.25) is 0 Å². The lowest BCUT2D eigenvalue weighted by atomic mass is 10.2. The van der Waals surface area contributed by atoms with Crippen molar-refractivity contribution in [1.82, 2.24) is 9.78 Å². The van der Waals surface area contributed by atoms with Gasteiger partial charge in [-0.3, -0.25) is 4.79 Å². The Balaban J connectivity index is 2.05. The number of methoxy groups -OCH3 is 1. The zero-order chi connectivity index (χ0) is 14.8. The first-order chi connectivity index (χ1) is 10.2. The van der Waals surface area contributed by atoms with E-state index in [1.165, 1.54) is 7.11 Å². The minimum atomic E-state index is -0.160. The third kappa shape index (κ3) is 2.69. The van der Waals surface area contributed by atoms with Gasteiger partial charge < -0.3 is 10.1 Å². The van der Waals surface area contributed by atoms with E-state index in [2.05, 4.69) is 10.4 Å². The smallest absolute Gasteiger partial charge is 0.251 e. The predicted octanol–water partition coefficient (Wildman–Crippen LogP) is 2.51. The Morgan fingerprint density at radius 3 is 3.00 bits per heavy atom. The molecular formula is C15H17N3O2S. The van der Waals surface area contributed by atoms with E-state index in [0.29, 0.717) is 0 Å². The van der Waals surface area contributed by atoms with Crippen molar-refractivity contribution >= 4 is 23.5 Å². The molecule has 0 spiro atoms. The molecule has 2 heterocycles. The molecule has 0 radical (unpaired) electrons. The van der Waals surface area contributed by atoms with E-state index in [0.717, 1.165) is 39.8 Å². The summed E-state index contributed by atoms with van der Waals surface area (Å²) >= 11 is 1.81. The summed E-state index contributed by atoms with van der Waals surface area (Å²) in [6.45, 7) is 2.08. The van der Waals surface area contributed by atoms with Crippen LogP contribution in [0, 0.1) is 6.92 Å². The molecule has 0 bridgehead atoms. The molecule has 110 valence electrons. The Morgan fingerprint density at radius 2 is 2.24 bits per heavy atom. The number of thioether (sulfide) groups is 1. The number of nitrogens with one attached hydrogen (secondary N) is 1. The van der Waals surface area contributed by atoms with Crippen LogP contribution in [0.5, 0.6) is 0 Å². The Bertz CT molecular complexity index is 682. The van der Waals surface area contributed by atoms with Gasteiger partial charge in [0.15, 0.2) is 0 Å². The second kappa shape index (κ2) is 5.91. The fourth-order valence-corrected chi connectivity index (χ4v) is 3.45. The zero-order valence-electron chi connectivity index (χ0n) is 12.0. The van der Waals surface area contributed by atoms with Crippen molar-refractivity contribution in [2.24, 2.45) is 0 Å². The molecular weight excluding hydrogens is 286 g/mol. The maximum atomic E-state index is 11.9. The standard InChI is InChI=1S/C15H17N3O2S/c1-10-5-3-4-6-13(10)18-15(16-14(19)7-20-2)11-8-21-9-12(11)17-18/h3-6H,7-9H2,1-2H3,(H,16,19). The van der Waals surface area contributed by atoms with E-state index in [9.17, 15) is 4.79 Å². The van der Waals surface area contributed by atoms with E-state index in [4.69, 9.17) is 4.74 Å². The first kappa shape index (κ1) is 14.2. The molecule has 0 aliphatic carbocycles. The molecule has 1 amide bonds. The fraction of sp³-hybridized carbons (Fsp3) is 0.333. The minimum absolute atomic E-state index is 0.0425. The van der Waals surface area contributed by atoms with Gasteiger partial charge >= 0.3 is 0 Å². The van der Waals surface area contributed by atoms with Crippen LogP contribution in [0.25, 0.3) is 5.69 Å². The maximum Gasteiger partial charge on any atom is 0.251 e. The molecule has 0 atom stereocenters. The number of amides is 1. The first-order valence-corrected chi connectivity index (χ1v) is 7.89. The Kier molecular flexibility index (Phi) is 3.98. The van der Waals surface area contributed by atoms with Crippen molar-refractivity contribution in [1.29, 1.82) is 0 Å². The summed E-state index contributed by atoms with van der Waals surface area (Å²) < 4.78 is 6.73. The maximum absolute atomic E-state index is 11.9. The molecule has 1 aromatic carbocycles. The Hall–Kier alpha value is -1.79. The molecule has 1 aromatic heterocycles. The summed E-state index contributed by atoms with van der Waals surface area (Å²) in [5.41, 5.74) is 4.28. The minimum Gasteiger partial charge on any atom is -0.375 e. The van der Waals surface area contributed by atoms with E-state index >= 15 is 0 Å². The van der Waals surface area contributed by atoms with Crippen LogP contribution in [0.3, 0.4) is 0 Å². The summed E-state index contributed by atoms with van der Waals surface area (Å²) in [6, 6.07) is 8.02. The van der Waals surface area contributed by atoms with Gasteiger partial charge in [-0.2, -0.15) is 16.9 Å². The molecule has 1 aliphatic rings. The van der Waals surface area contributed by atoms with Crippen LogP contribution in [-0.4, -0.2) is 29.4 Å². The number of hydrogen-bond acceptors (Lipinski definition) is 4. The number of ether oxygens (including phenoxy) is 1. The summed E-state index contributed by atoms with van der Waals surface area (Å²) in [4.78, 5) is 11.9. The molecule has 21 heavy (non-hydrogen) atoms. The molecule has 0 saturated carbocycles. The number of benzene rings is 1. The first-order valence-electron chi connectivity index (χ1n) is 6.74. The Morgan fingerprint density at radius 1 is 1.43 bits per heavy atom. The van der Waals surface area contributed by atoms with Crippen LogP contribution in [0.15, 0.2) is 24.3 Å². The topological polar surface area (TPSA) is 56.1 Å². The molecule has 0 fully saturated rings. The number of nitrogens with zero attached hydrogens (tertiary/aromatic N) is 2. The molecule has 0 saturated heterocycles. The number of fused-ring (bicyclic) bond motifs is 1. The van der Waals surface area contributed by atoms with Crippen molar-refractivity contribution < 1.29 is 9.53 Å². The number of para-hydroxylation sites is 1. The van der Waals surface area contributed by atoms with E-state index in [-0.39, 0.29) is 12.5 Å². The van der Waals surface area contributed by atoms with Gasteiger partial charge in [-0.05, 0) is 18.6 Å². The second-order valence-corrected chi connectivity index (χ2v) is 5.93.